The molecule has 2 aliphatic rings. The van der Waals surface area contributed by atoms with Crippen LogP contribution in [0.2, 0.25) is 0 Å². The fourth-order valence-corrected chi connectivity index (χ4v) is 4.28. The van der Waals surface area contributed by atoms with Crippen LogP contribution in [0.15, 0.2) is 12.2 Å². The molecular weight excluding hydrogens is 278 g/mol. The molecule has 1 amide bonds. The molecule has 2 rings (SSSR count). The summed E-state index contributed by atoms with van der Waals surface area (Å²) in [5, 5.41) is 0. The first-order valence-corrected chi connectivity index (χ1v) is 9.01. The van der Waals surface area contributed by atoms with Crippen LogP contribution < -0.4 is 0 Å². The number of hydrogen-bond donors (Lipinski definition) is 0. The maximum Gasteiger partial charge on any atom is 0.410 e. The van der Waals surface area contributed by atoms with Crippen molar-refractivity contribution >= 4 is 15.9 Å². The third-order valence-corrected chi connectivity index (χ3v) is 5.96. The van der Waals surface area contributed by atoms with Crippen molar-refractivity contribution < 1.29 is 17.9 Å². The predicted molar refractivity (Wildman–Crippen MR) is 77.3 cm³/mol. The number of hydrogen-bond acceptors (Lipinski definition) is 4. The molecule has 0 aromatic carbocycles. The summed E-state index contributed by atoms with van der Waals surface area (Å²) in [5.74, 6) is 0.125. The topological polar surface area (TPSA) is 63.7 Å². The Morgan fingerprint density at radius 2 is 1.70 bits per heavy atom. The van der Waals surface area contributed by atoms with E-state index in [0.29, 0.717) is 12.8 Å². The molecule has 2 aliphatic heterocycles. The van der Waals surface area contributed by atoms with Crippen molar-refractivity contribution in [3.63, 3.8) is 0 Å². The molecule has 114 valence electrons. The Morgan fingerprint density at radius 1 is 1.15 bits per heavy atom. The van der Waals surface area contributed by atoms with Crippen LogP contribution in [0.3, 0.4) is 0 Å². The van der Waals surface area contributed by atoms with Gasteiger partial charge in [0.1, 0.15) is 5.60 Å². The monoisotopic (exact) mass is 301 g/mol. The highest BCUT2D eigenvalue weighted by Crippen LogP contribution is 2.34. The van der Waals surface area contributed by atoms with Gasteiger partial charge in [0.15, 0.2) is 9.84 Å². The Bertz CT molecular complexity index is 477. The summed E-state index contributed by atoms with van der Waals surface area (Å²) in [6.45, 7) is 7.16. The summed E-state index contributed by atoms with van der Waals surface area (Å²) in [5.41, 5.74) is -0.0717. The fourth-order valence-electron chi connectivity index (χ4n) is 2.79. The van der Waals surface area contributed by atoms with Crippen LogP contribution in [0.25, 0.3) is 0 Å². The fraction of sp³-hybridized carbons (Fsp3) is 0.786. The second-order valence-electron chi connectivity index (χ2n) is 5.84. The Morgan fingerprint density at radius 3 is 2.20 bits per heavy atom. The normalized spacial score (nSPS) is 24.9. The van der Waals surface area contributed by atoms with Crippen molar-refractivity contribution in [3.05, 3.63) is 12.2 Å². The first kappa shape index (κ1) is 15.4. The maximum absolute atomic E-state index is 12.3. The lowest BCUT2D eigenvalue weighted by Crippen LogP contribution is -2.47. The van der Waals surface area contributed by atoms with E-state index in [1.807, 2.05) is 0 Å². The van der Waals surface area contributed by atoms with E-state index < -0.39 is 15.4 Å². The average Bonchev–Trinajstić information content (AvgIpc) is 2.42. The zero-order valence-electron chi connectivity index (χ0n) is 12.1. The van der Waals surface area contributed by atoms with Crippen LogP contribution in [0.1, 0.15) is 39.0 Å². The lowest BCUT2D eigenvalue weighted by Gasteiger charge is -2.39. The van der Waals surface area contributed by atoms with E-state index in [4.69, 9.17) is 4.74 Å². The highest BCUT2D eigenvalue weighted by molar-refractivity contribution is 7.91. The van der Waals surface area contributed by atoms with Gasteiger partial charge in [-0.05, 0) is 31.8 Å². The van der Waals surface area contributed by atoms with Gasteiger partial charge >= 0.3 is 6.09 Å². The zero-order chi connectivity index (χ0) is 14.8. The number of carbonyl (C=O) groups is 1. The van der Waals surface area contributed by atoms with E-state index in [9.17, 15) is 13.2 Å². The van der Waals surface area contributed by atoms with Gasteiger partial charge in [0.05, 0.1) is 11.5 Å². The van der Waals surface area contributed by atoms with Crippen LogP contribution in [0.4, 0.5) is 4.79 Å². The van der Waals surface area contributed by atoms with Crippen LogP contribution in [0, 0.1) is 0 Å². The quantitative estimate of drug-likeness (QED) is 0.733. The predicted octanol–water partition coefficient (Wildman–Crippen LogP) is 2.13. The van der Waals surface area contributed by atoms with Gasteiger partial charge in [-0.3, -0.25) is 0 Å². The number of nitrogens with zero attached hydrogens (tertiary/aromatic N) is 1. The van der Waals surface area contributed by atoms with E-state index in [1.54, 1.807) is 11.8 Å². The molecule has 0 aromatic heterocycles. The summed E-state index contributed by atoms with van der Waals surface area (Å²) in [6, 6.07) is 0. The zero-order valence-corrected chi connectivity index (χ0v) is 12.9. The van der Waals surface area contributed by atoms with Crippen molar-refractivity contribution in [2.75, 3.05) is 24.6 Å². The summed E-state index contributed by atoms with van der Waals surface area (Å²) >= 11 is 0. The van der Waals surface area contributed by atoms with Gasteiger partial charge < -0.3 is 9.64 Å². The molecule has 0 bridgehead atoms. The lowest BCUT2D eigenvalue weighted by atomic mass is 9.89. The van der Waals surface area contributed by atoms with Crippen molar-refractivity contribution in [2.45, 2.75) is 44.6 Å². The van der Waals surface area contributed by atoms with Gasteiger partial charge in [-0.25, -0.2) is 13.2 Å². The first-order chi connectivity index (χ1) is 9.35. The van der Waals surface area contributed by atoms with Gasteiger partial charge in [0, 0.05) is 25.9 Å². The second kappa shape index (κ2) is 5.76. The van der Waals surface area contributed by atoms with Crippen LogP contribution in [-0.2, 0) is 14.6 Å². The van der Waals surface area contributed by atoms with E-state index in [0.717, 1.165) is 37.9 Å². The minimum absolute atomic E-state index is 0.0626. The lowest BCUT2D eigenvalue weighted by molar-refractivity contribution is 0.00473. The van der Waals surface area contributed by atoms with E-state index in [1.165, 1.54) is 0 Å². The maximum atomic E-state index is 12.3. The van der Waals surface area contributed by atoms with Crippen molar-refractivity contribution in [1.29, 1.82) is 0 Å². The molecule has 0 saturated carbocycles. The number of piperidine rings is 1. The number of carbonyl (C=O) groups excluding carboxylic acids is 1. The third kappa shape index (κ3) is 3.34. The Labute approximate surface area is 120 Å². The largest absolute Gasteiger partial charge is 0.438 e. The van der Waals surface area contributed by atoms with Gasteiger partial charge in [0.25, 0.3) is 0 Å². The van der Waals surface area contributed by atoms with Gasteiger partial charge in [-0.1, -0.05) is 6.58 Å². The smallest absolute Gasteiger partial charge is 0.410 e. The molecule has 5 nitrogen and oxygen atoms in total. The molecular formula is C14H23NO4S. The van der Waals surface area contributed by atoms with Crippen molar-refractivity contribution in [1.82, 2.24) is 4.90 Å². The molecule has 20 heavy (non-hydrogen) atoms. The molecule has 2 fully saturated rings. The summed E-state index contributed by atoms with van der Waals surface area (Å²) in [4.78, 5) is 14.0. The van der Waals surface area contributed by atoms with Crippen LogP contribution in [0.5, 0.6) is 0 Å². The van der Waals surface area contributed by atoms with Crippen LogP contribution in [-0.4, -0.2) is 49.6 Å². The molecule has 0 atom stereocenters. The highest BCUT2D eigenvalue weighted by Gasteiger charge is 2.42. The molecule has 0 aliphatic carbocycles. The highest BCUT2D eigenvalue weighted by atomic mass is 32.2. The minimum atomic E-state index is -2.99. The molecule has 0 aromatic rings. The number of likely N-dealkylation sites (tertiary alicyclic amines) is 1. The number of sulfone groups is 1. The Kier molecular flexibility index (Phi) is 4.42. The Balaban J connectivity index is 2.06. The van der Waals surface area contributed by atoms with Crippen LogP contribution >= 0.6 is 0 Å². The SMILES string of the molecule is C=C(C)C1(OC(=O)N2CCCCC2)CCS(=O)(=O)CC1. The first-order valence-electron chi connectivity index (χ1n) is 7.19. The van der Waals surface area contributed by atoms with Gasteiger partial charge in [0.2, 0.25) is 0 Å². The van der Waals surface area contributed by atoms with Crippen molar-refractivity contribution in [3.8, 4) is 0 Å². The molecule has 0 unspecified atom stereocenters. The molecule has 0 N–H and O–H groups in total. The summed E-state index contributed by atoms with van der Waals surface area (Å²) in [6.07, 6.45) is 3.47. The number of amides is 1. The molecule has 2 heterocycles. The van der Waals surface area contributed by atoms with E-state index in [2.05, 4.69) is 6.58 Å². The van der Waals surface area contributed by atoms with Gasteiger partial charge in [-0.2, -0.15) is 0 Å². The summed E-state index contributed by atoms with van der Waals surface area (Å²) in [7, 11) is -2.99. The van der Waals surface area contributed by atoms with Crippen molar-refractivity contribution in [2.24, 2.45) is 0 Å². The van der Waals surface area contributed by atoms with E-state index in [-0.39, 0.29) is 17.6 Å². The van der Waals surface area contributed by atoms with Gasteiger partial charge in [-0.15, -0.1) is 0 Å². The molecule has 2 saturated heterocycles. The standard InChI is InChI=1S/C14H23NO4S/c1-12(2)14(6-10-20(17,18)11-7-14)19-13(16)15-8-4-3-5-9-15/h1,3-11H2,2H3. The second-order valence-corrected chi connectivity index (χ2v) is 8.15. The molecule has 6 heteroatoms. The molecule has 0 radical (unpaired) electrons. The third-order valence-electron chi connectivity index (χ3n) is 4.31. The Hall–Kier alpha value is -1.04. The molecule has 0 spiro atoms. The minimum Gasteiger partial charge on any atom is -0.438 e. The number of ether oxygens (including phenoxy) is 1. The number of rotatable bonds is 2. The average molecular weight is 301 g/mol. The van der Waals surface area contributed by atoms with E-state index >= 15 is 0 Å². The summed E-state index contributed by atoms with van der Waals surface area (Å²) < 4.78 is 28.8.